The molecule has 0 radical (unpaired) electrons. The molecule has 0 spiro atoms. The molecule has 1 aliphatic heterocycles. The highest BCUT2D eigenvalue weighted by Crippen LogP contribution is 2.58. The minimum Gasteiger partial charge on any atom is -0.496 e. The van der Waals surface area contributed by atoms with Crippen molar-refractivity contribution in [3.8, 4) is 11.5 Å². The van der Waals surface area contributed by atoms with Gasteiger partial charge < -0.3 is 19.6 Å². The maximum absolute atomic E-state index is 12.9. The first-order chi connectivity index (χ1) is 16.5. The quantitative estimate of drug-likeness (QED) is 0.647. The molecule has 9 heteroatoms. The number of hydrogen-bond donors (Lipinski definition) is 1. The third kappa shape index (κ3) is 3.63. The number of ether oxygens (including phenoxy) is 2. The number of methoxy groups -OCH3 is 2. The van der Waals surface area contributed by atoms with Gasteiger partial charge in [-0.15, -0.1) is 0 Å². The van der Waals surface area contributed by atoms with Crippen molar-refractivity contribution in [2.45, 2.75) is 56.6 Å². The molecule has 34 heavy (non-hydrogen) atoms. The number of carbonyl (C=O) groups excluding carboxylic acids is 1. The van der Waals surface area contributed by atoms with Crippen molar-refractivity contribution in [2.75, 3.05) is 19.5 Å². The predicted molar refractivity (Wildman–Crippen MR) is 128 cm³/mol. The molecule has 1 N–H and O–H groups in total. The molecule has 1 aromatic heterocycles. The number of amides is 1. The van der Waals surface area contributed by atoms with Gasteiger partial charge in [-0.2, -0.15) is 5.10 Å². The van der Waals surface area contributed by atoms with Crippen LogP contribution in [0, 0.1) is 17.8 Å². The Balaban J connectivity index is 1.13. The zero-order chi connectivity index (χ0) is 23.4. The smallest absolute Gasteiger partial charge is 0.268 e. The molecule has 1 amide bonds. The molecule has 4 bridgehead atoms. The topological polar surface area (TPSA) is 87.0 Å². The number of anilines is 1. The van der Waals surface area contributed by atoms with Crippen LogP contribution in [0.2, 0.25) is 5.02 Å². The van der Waals surface area contributed by atoms with Gasteiger partial charge in [0, 0.05) is 24.2 Å². The molecule has 0 unspecified atom stereocenters. The van der Waals surface area contributed by atoms with Crippen LogP contribution in [0.15, 0.2) is 29.7 Å². The molecule has 4 aliphatic carbocycles. The molecule has 5 aliphatic rings. The van der Waals surface area contributed by atoms with Gasteiger partial charge in [-0.1, -0.05) is 16.8 Å². The zero-order valence-electron chi connectivity index (χ0n) is 19.4. The Kier molecular flexibility index (Phi) is 5.24. The highest BCUT2D eigenvalue weighted by atomic mass is 35.5. The second-order valence-electron chi connectivity index (χ2n) is 10.3. The van der Waals surface area contributed by atoms with Crippen LogP contribution in [0.3, 0.4) is 0 Å². The summed E-state index contributed by atoms with van der Waals surface area (Å²) < 4.78 is 12.9. The monoisotopic (exact) mass is 484 g/mol. The summed E-state index contributed by atoms with van der Waals surface area (Å²) in [5, 5.41) is 12.2. The number of oxime groups is 1. The van der Waals surface area contributed by atoms with Crippen LogP contribution >= 0.6 is 11.6 Å². The first-order valence-electron chi connectivity index (χ1n) is 12.0. The Bertz CT molecular complexity index is 1120. The number of nitrogens with zero attached hydrogens (tertiary/aromatic N) is 3. The number of benzene rings is 1. The first kappa shape index (κ1) is 21.8. The Morgan fingerprint density at radius 1 is 1.12 bits per heavy atom. The maximum atomic E-state index is 12.9. The lowest BCUT2D eigenvalue weighted by Crippen LogP contribution is -2.52. The third-order valence-corrected chi connectivity index (χ3v) is 8.38. The van der Waals surface area contributed by atoms with Gasteiger partial charge in [0.1, 0.15) is 11.5 Å². The molecule has 4 saturated carbocycles. The summed E-state index contributed by atoms with van der Waals surface area (Å²) in [6.45, 7) is 0. The summed E-state index contributed by atoms with van der Waals surface area (Å²) in [6, 6.07) is 3.42. The van der Waals surface area contributed by atoms with E-state index in [1.807, 2.05) is 6.20 Å². The maximum Gasteiger partial charge on any atom is 0.268 e. The van der Waals surface area contributed by atoms with Crippen LogP contribution in [0.4, 0.5) is 5.69 Å². The first-order valence-corrected chi connectivity index (χ1v) is 12.3. The second kappa shape index (κ2) is 8.18. The highest BCUT2D eigenvalue weighted by molar-refractivity contribution is 6.32. The van der Waals surface area contributed by atoms with Crippen LogP contribution in [-0.4, -0.2) is 41.7 Å². The van der Waals surface area contributed by atoms with Crippen molar-refractivity contribution >= 4 is 28.9 Å². The zero-order valence-corrected chi connectivity index (χ0v) is 20.2. The van der Waals surface area contributed by atoms with E-state index in [9.17, 15) is 4.79 Å². The predicted octanol–water partition coefficient (Wildman–Crippen LogP) is 4.61. The Hall–Kier alpha value is -2.74. The minimum absolute atomic E-state index is 0.127. The van der Waals surface area contributed by atoms with Crippen molar-refractivity contribution < 1.29 is 19.1 Å². The van der Waals surface area contributed by atoms with Gasteiger partial charge in [0.2, 0.25) is 6.10 Å². The van der Waals surface area contributed by atoms with E-state index < -0.39 is 6.10 Å². The summed E-state index contributed by atoms with van der Waals surface area (Å²) >= 11 is 6.29. The van der Waals surface area contributed by atoms with Gasteiger partial charge in [0.25, 0.3) is 5.91 Å². The van der Waals surface area contributed by atoms with E-state index >= 15 is 0 Å². The minimum atomic E-state index is -0.733. The molecular formula is C25H29ClN4O4. The summed E-state index contributed by atoms with van der Waals surface area (Å²) in [5.74, 6) is 3.31. The van der Waals surface area contributed by atoms with E-state index in [0.717, 1.165) is 17.8 Å². The molecule has 2 heterocycles. The van der Waals surface area contributed by atoms with Crippen molar-refractivity contribution in [2.24, 2.45) is 22.9 Å². The van der Waals surface area contributed by atoms with Crippen molar-refractivity contribution in [3.05, 3.63) is 35.1 Å². The highest BCUT2D eigenvalue weighted by Gasteiger charge is 2.52. The number of rotatable bonds is 6. The van der Waals surface area contributed by atoms with Crippen LogP contribution in [0.25, 0.3) is 0 Å². The van der Waals surface area contributed by atoms with Gasteiger partial charge in [0.05, 0.1) is 42.4 Å². The fourth-order valence-corrected chi connectivity index (χ4v) is 7.22. The van der Waals surface area contributed by atoms with Crippen LogP contribution in [0.5, 0.6) is 11.5 Å². The van der Waals surface area contributed by atoms with E-state index in [1.54, 1.807) is 32.5 Å². The van der Waals surface area contributed by atoms with Crippen LogP contribution in [0.1, 0.15) is 50.5 Å². The average Bonchev–Trinajstić information content (AvgIpc) is 3.48. The molecule has 1 atom stereocenters. The lowest BCUT2D eigenvalue weighted by Gasteiger charge is -2.56. The molecule has 8 nitrogen and oxygen atoms in total. The van der Waals surface area contributed by atoms with Crippen LogP contribution in [-0.2, 0) is 15.2 Å². The number of aromatic nitrogens is 2. The van der Waals surface area contributed by atoms with E-state index in [1.165, 1.54) is 38.5 Å². The third-order valence-electron chi connectivity index (χ3n) is 8.09. The molecule has 7 rings (SSSR count). The lowest BCUT2D eigenvalue weighted by molar-refractivity contribution is -0.125. The van der Waals surface area contributed by atoms with Crippen LogP contribution < -0.4 is 14.8 Å². The van der Waals surface area contributed by atoms with Crippen molar-refractivity contribution in [1.82, 2.24) is 9.78 Å². The lowest BCUT2D eigenvalue weighted by atomic mass is 9.53. The number of carbonyl (C=O) groups is 1. The Morgan fingerprint density at radius 2 is 1.79 bits per heavy atom. The van der Waals surface area contributed by atoms with Gasteiger partial charge in [-0.05, 0) is 62.3 Å². The summed E-state index contributed by atoms with van der Waals surface area (Å²) in [6.07, 6.45) is 11.1. The second-order valence-corrected chi connectivity index (χ2v) is 10.7. The molecule has 180 valence electrons. The molecule has 0 saturated heterocycles. The average molecular weight is 485 g/mol. The number of halogens is 1. The normalized spacial score (nSPS) is 31.2. The summed E-state index contributed by atoms with van der Waals surface area (Å²) in [4.78, 5) is 18.4. The fourth-order valence-electron chi connectivity index (χ4n) is 6.98. The van der Waals surface area contributed by atoms with E-state index in [4.69, 9.17) is 25.9 Å². The fraction of sp³-hybridized carbons (Fsp3) is 0.560. The molecule has 4 fully saturated rings. The van der Waals surface area contributed by atoms with E-state index in [0.29, 0.717) is 39.9 Å². The SMILES string of the molecule is COc1cc(OC)c(C2=NO[C@@H](C(=O)Nc3cnn(C45CC6CC(CC(C6)C4)C5)c3)C2)cc1Cl. The Labute approximate surface area is 203 Å². The standard InChI is InChI=1S/C25H29ClN4O4/c1-32-21-8-22(33-2)19(26)6-18(21)20-7-23(34-29-20)24(31)28-17-12-27-30(13-17)25-9-14-3-15(10-25)5-16(4-14)11-25/h6,8,12-16,23H,3-5,7,9-11H2,1-2H3,(H,28,31)/t14?,15?,16?,23-,25?/m1/s1. The van der Waals surface area contributed by atoms with Gasteiger partial charge in [-0.25, -0.2) is 0 Å². The van der Waals surface area contributed by atoms with E-state index in [-0.39, 0.29) is 11.4 Å². The van der Waals surface area contributed by atoms with Gasteiger partial charge >= 0.3 is 0 Å². The Morgan fingerprint density at radius 3 is 2.44 bits per heavy atom. The number of nitrogens with one attached hydrogen (secondary N) is 1. The largest absolute Gasteiger partial charge is 0.496 e. The summed E-state index contributed by atoms with van der Waals surface area (Å²) in [5.41, 5.74) is 2.11. The molecular weight excluding hydrogens is 456 g/mol. The van der Waals surface area contributed by atoms with Crippen molar-refractivity contribution in [3.63, 3.8) is 0 Å². The molecule has 1 aromatic carbocycles. The van der Waals surface area contributed by atoms with E-state index in [2.05, 4.69) is 20.3 Å². The van der Waals surface area contributed by atoms with Crippen molar-refractivity contribution in [1.29, 1.82) is 0 Å². The summed E-state index contributed by atoms with van der Waals surface area (Å²) in [7, 11) is 3.11. The molecule has 2 aromatic rings. The van der Waals surface area contributed by atoms with Gasteiger partial charge in [0.15, 0.2) is 0 Å². The van der Waals surface area contributed by atoms with Gasteiger partial charge in [-0.3, -0.25) is 9.48 Å². The number of hydrogen-bond acceptors (Lipinski definition) is 6.